The van der Waals surface area contributed by atoms with E-state index < -0.39 is 0 Å². The van der Waals surface area contributed by atoms with Gasteiger partial charge >= 0.3 is 0 Å². The zero-order chi connectivity index (χ0) is 13.3. The van der Waals surface area contributed by atoms with Crippen molar-refractivity contribution in [2.45, 2.75) is 71.5 Å². The van der Waals surface area contributed by atoms with Gasteiger partial charge in [0.1, 0.15) is 0 Å². The molecule has 2 rings (SSSR count). The van der Waals surface area contributed by atoms with Crippen molar-refractivity contribution in [3.05, 3.63) is 34.9 Å². The zero-order valence-corrected chi connectivity index (χ0v) is 12.4. The van der Waals surface area contributed by atoms with Gasteiger partial charge in [-0.2, -0.15) is 0 Å². The van der Waals surface area contributed by atoms with E-state index >= 15 is 0 Å². The number of rotatable bonds is 4. The molecular formula is C17H26O. The van der Waals surface area contributed by atoms with Gasteiger partial charge in [0.25, 0.3) is 0 Å². The molecule has 1 heterocycles. The number of ether oxygens (including phenoxy) is 1. The molecule has 1 aromatic carbocycles. The standard InChI is InChI=1S/C17H26O/c1-6-13-7-9-15(17(3,4)5)11-14(13)8-10-16-12(2)18-16/h7,9,11-12,16H,6,8,10H2,1-5H3. The third-order valence-corrected chi connectivity index (χ3v) is 3.99. The molecule has 0 radical (unpaired) electrons. The third kappa shape index (κ3) is 3.14. The van der Waals surface area contributed by atoms with Crippen molar-refractivity contribution in [1.82, 2.24) is 0 Å². The summed E-state index contributed by atoms with van der Waals surface area (Å²) in [5.41, 5.74) is 4.70. The van der Waals surface area contributed by atoms with Gasteiger partial charge in [-0.05, 0) is 48.3 Å². The average Bonchev–Trinajstić information content (AvgIpc) is 3.01. The number of aryl methyl sites for hydroxylation is 2. The Labute approximate surface area is 112 Å². The molecule has 18 heavy (non-hydrogen) atoms. The normalized spacial score (nSPS) is 23.2. The lowest BCUT2D eigenvalue weighted by Crippen LogP contribution is -2.12. The summed E-state index contributed by atoms with van der Waals surface area (Å²) in [7, 11) is 0. The number of hydrogen-bond donors (Lipinski definition) is 0. The second-order valence-electron chi connectivity index (χ2n) is 6.51. The van der Waals surface area contributed by atoms with Crippen LogP contribution in [0.2, 0.25) is 0 Å². The summed E-state index contributed by atoms with van der Waals surface area (Å²) in [4.78, 5) is 0. The first kappa shape index (κ1) is 13.6. The number of benzene rings is 1. The summed E-state index contributed by atoms with van der Waals surface area (Å²) in [5.74, 6) is 0. The Morgan fingerprint density at radius 3 is 2.33 bits per heavy atom. The van der Waals surface area contributed by atoms with E-state index in [1.54, 1.807) is 0 Å². The van der Waals surface area contributed by atoms with Gasteiger partial charge in [-0.3, -0.25) is 0 Å². The van der Waals surface area contributed by atoms with E-state index in [9.17, 15) is 0 Å². The second-order valence-corrected chi connectivity index (χ2v) is 6.51. The Balaban J connectivity index is 2.14. The monoisotopic (exact) mass is 246 g/mol. The van der Waals surface area contributed by atoms with Crippen LogP contribution in [0.25, 0.3) is 0 Å². The van der Waals surface area contributed by atoms with E-state index in [1.807, 2.05) is 0 Å². The molecule has 1 fully saturated rings. The quantitative estimate of drug-likeness (QED) is 0.723. The molecule has 1 aliphatic rings. The van der Waals surface area contributed by atoms with Crippen molar-refractivity contribution in [1.29, 1.82) is 0 Å². The van der Waals surface area contributed by atoms with Gasteiger partial charge < -0.3 is 4.74 Å². The van der Waals surface area contributed by atoms with E-state index in [-0.39, 0.29) is 5.41 Å². The maximum atomic E-state index is 5.51. The van der Waals surface area contributed by atoms with Gasteiger partial charge in [-0.1, -0.05) is 45.9 Å². The van der Waals surface area contributed by atoms with Gasteiger partial charge in [0.2, 0.25) is 0 Å². The topological polar surface area (TPSA) is 12.5 Å². The van der Waals surface area contributed by atoms with E-state index in [1.165, 1.54) is 23.1 Å². The number of epoxide rings is 1. The van der Waals surface area contributed by atoms with Crippen LogP contribution in [-0.4, -0.2) is 12.2 Å². The summed E-state index contributed by atoms with van der Waals surface area (Å²) in [6.45, 7) is 11.3. The summed E-state index contributed by atoms with van der Waals surface area (Å²) in [6, 6.07) is 7.01. The molecule has 0 bridgehead atoms. The van der Waals surface area contributed by atoms with Gasteiger partial charge in [-0.15, -0.1) is 0 Å². The van der Waals surface area contributed by atoms with Crippen LogP contribution < -0.4 is 0 Å². The largest absolute Gasteiger partial charge is 0.370 e. The van der Waals surface area contributed by atoms with Gasteiger partial charge in [0, 0.05) is 0 Å². The molecule has 0 amide bonds. The van der Waals surface area contributed by atoms with Crippen LogP contribution in [0.5, 0.6) is 0 Å². The molecule has 0 spiro atoms. The van der Waals surface area contributed by atoms with Crippen LogP contribution in [0.4, 0.5) is 0 Å². The molecule has 0 saturated carbocycles. The zero-order valence-electron chi connectivity index (χ0n) is 12.4. The minimum Gasteiger partial charge on any atom is -0.370 e. The van der Waals surface area contributed by atoms with Crippen LogP contribution in [-0.2, 0) is 23.0 Å². The minimum atomic E-state index is 0.240. The summed E-state index contributed by atoms with van der Waals surface area (Å²) in [6.07, 6.45) is 4.44. The van der Waals surface area contributed by atoms with Crippen LogP contribution >= 0.6 is 0 Å². The smallest absolute Gasteiger partial charge is 0.0842 e. The third-order valence-electron chi connectivity index (χ3n) is 3.99. The highest BCUT2D eigenvalue weighted by atomic mass is 16.6. The summed E-state index contributed by atoms with van der Waals surface area (Å²) < 4.78 is 5.51. The maximum Gasteiger partial charge on any atom is 0.0842 e. The molecule has 1 heteroatoms. The Bertz CT molecular complexity index is 414. The average molecular weight is 246 g/mol. The van der Waals surface area contributed by atoms with E-state index in [0.717, 1.165) is 12.8 Å². The molecule has 1 aromatic rings. The van der Waals surface area contributed by atoms with Crippen LogP contribution in [0.15, 0.2) is 18.2 Å². The molecule has 2 atom stereocenters. The predicted octanol–water partition coefficient (Wildman–Crippen LogP) is 4.27. The van der Waals surface area contributed by atoms with Gasteiger partial charge in [0.05, 0.1) is 12.2 Å². The first-order valence-corrected chi connectivity index (χ1v) is 7.19. The first-order valence-electron chi connectivity index (χ1n) is 7.19. The summed E-state index contributed by atoms with van der Waals surface area (Å²) >= 11 is 0. The van der Waals surface area contributed by atoms with Crippen molar-refractivity contribution < 1.29 is 4.74 Å². The SMILES string of the molecule is CCc1ccc(C(C)(C)C)cc1CCC1OC1C. The lowest BCUT2D eigenvalue weighted by Gasteiger charge is -2.21. The molecule has 100 valence electrons. The van der Waals surface area contributed by atoms with Crippen molar-refractivity contribution in [3.8, 4) is 0 Å². The molecule has 0 N–H and O–H groups in total. The van der Waals surface area contributed by atoms with Crippen molar-refractivity contribution >= 4 is 0 Å². The highest BCUT2D eigenvalue weighted by Crippen LogP contribution is 2.29. The van der Waals surface area contributed by atoms with Gasteiger partial charge in [-0.25, -0.2) is 0 Å². The maximum absolute atomic E-state index is 5.51. The molecule has 1 nitrogen and oxygen atoms in total. The van der Waals surface area contributed by atoms with E-state index in [0.29, 0.717) is 12.2 Å². The van der Waals surface area contributed by atoms with Crippen LogP contribution in [0.3, 0.4) is 0 Å². The fraction of sp³-hybridized carbons (Fsp3) is 0.647. The molecule has 1 aliphatic heterocycles. The molecule has 2 unspecified atom stereocenters. The second kappa shape index (κ2) is 5.05. The Kier molecular flexibility index (Phi) is 3.82. The lowest BCUT2D eigenvalue weighted by molar-refractivity contribution is 0.370. The Morgan fingerprint density at radius 2 is 1.83 bits per heavy atom. The first-order chi connectivity index (χ1) is 8.41. The molecular weight excluding hydrogens is 220 g/mol. The van der Waals surface area contributed by atoms with Crippen molar-refractivity contribution in [2.75, 3.05) is 0 Å². The number of hydrogen-bond acceptors (Lipinski definition) is 1. The highest BCUT2D eigenvalue weighted by Gasteiger charge is 2.33. The molecule has 1 saturated heterocycles. The Hall–Kier alpha value is -0.820. The van der Waals surface area contributed by atoms with Crippen molar-refractivity contribution in [3.63, 3.8) is 0 Å². The van der Waals surface area contributed by atoms with E-state index in [4.69, 9.17) is 4.74 Å². The Morgan fingerprint density at radius 1 is 1.17 bits per heavy atom. The minimum absolute atomic E-state index is 0.240. The van der Waals surface area contributed by atoms with E-state index in [2.05, 4.69) is 52.8 Å². The van der Waals surface area contributed by atoms with Crippen LogP contribution in [0, 0.1) is 0 Å². The van der Waals surface area contributed by atoms with Crippen LogP contribution in [0.1, 0.15) is 57.7 Å². The fourth-order valence-electron chi connectivity index (χ4n) is 2.50. The highest BCUT2D eigenvalue weighted by molar-refractivity contribution is 5.35. The molecule has 0 aliphatic carbocycles. The predicted molar refractivity (Wildman–Crippen MR) is 77.2 cm³/mol. The fourth-order valence-corrected chi connectivity index (χ4v) is 2.50. The van der Waals surface area contributed by atoms with Gasteiger partial charge in [0.15, 0.2) is 0 Å². The van der Waals surface area contributed by atoms with Crippen molar-refractivity contribution in [2.24, 2.45) is 0 Å². The molecule has 0 aromatic heterocycles. The summed E-state index contributed by atoms with van der Waals surface area (Å²) in [5, 5.41) is 0. The lowest BCUT2D eigenvalue weighted by atomic mass is 9.84.